The molecule has 1 fully saturated rings. The molecule has 0 aromatic heterocycles. The molecule has 0 aromatic carbocycles. The van der Waals surface area contributed by atoms with E-state index in [-0.39, 0.29) is 12.5 Å². The summed E-state index contributed by atoms with van der Waals surface area (Å²) in [5.41, 5.74) is 0. The number of halogens is 3. The van der Waals surface area contributed by atoms with E-state index < -0.39 is 12.6 Å². The lowest BCUT2D eigenvalue weighted by molar-refractivity contribution is -0.135. The number of likely N-dealkylation sites (tertiary alicyclic amines) is 1. The predicted octanol–water partition coefficient (Wildman–Crippen LogP) is 3.04. The molecule has 1 unspecified atom stereocenters. The summed E-state index contributed by atoms with van der Waals surface area (Å²) in [5.74, 6) is 0.686. The van der Waals surface area contributed by atoms with E-state index in [0.717, 1.165) is 19.6 Å². The third kappa shape index (κ3) is 7.21. The highest BCUT2D eigenvalue weighted by Crippen LogP contribution is 2.22. The first-order chi connectivity index (χ1) is 8.37. The first-order valence-corrected chi connectivity index (χ1v) is 6.85. The minimum atomic E-state index is -4.01. The summed E-state index contributed by atoms with van der Waals surface area (Å²) in [6.45, 7) is 5.19. The van der Waals surface area contributed by atoms with Crippen molar-refractivity contribution in [3.05, 3.63) is 0 Å². The highest BCUT2D eigenvalue weighted by Gasteiger charge is 2.26. The molecular formula is C13H25F3N2. The molecule has 1 saturated heterocycles. The van der Waals surface area contributed by atoms with Crippen molar-refractivity contribution in [2.24, 2.45) is 5.92 Å². The first kappa shape index (κ1) is 15.8. The van der Waals surface area contributed by atoms with Crippen LogP contribution in [0.5, 0.6) is 0 Å². The van der Waals surface area contributed by atoms with Gasteiger partial charge in [-0.25, -0.2) is 0 Å². The van der Waals surface area contributed by atoms with Gasteiger partial charge in [0.15, 0.2) is 0 Å². The first-order valence-electron chi connectivity index (χ1n) is 6.85. The topological polar surface area (TPSA) is 15.3 Å². The summed E-state index contributed by atoms with van der Waals surface area (Å²) in [6, 6.07) is 0.187. The quantitative estimate of drug-likeness (QED) is 0.795. The molecule has 1 aliphatic heterocycles. The van der Waals surface area contributed by atoms with Gasteiger partial charge in [-0.2, -0.15) is 13.2 Å². The van der Waals surface area contributed by atoms with Gasteiger partial charge in [0.2, 0.25) is 0 Å². The van der Waals surface area contributed by atoms with Gasteiger partial charge in [0, 0.05) is 12.5 Å². The lowest BCUT2D eigenvalue weighted by Crippen LogP contribution is -2.37. The average molecular weight is 266 g/mol. The highest BCUT2D eigenvalue weighted by molar-refractivity contribution is 4.73. The van der Waals surface area contributed by atoms with Crippen molar-refractivity contribution < 1.29 is 13.2 Å². The van der Waals surface area contributed by atoms with Crippen molar-refractivity contribution in [2.45, 2.75) is 51.2 Å². The van der Waals surface area contributed by atoms with E-state index in [2.05, 4.69) is 17.3 Å². The summed E-state index contributed by atoms with van der Waals surface area (Å²) < 4.78 is 36.0. The van der Waals surface area contributed by atoms with Crippen molar-refractivity contribution in [1.82, 2.24) is 10.2 Å². The number of nitrogens with one attached hydrogen (secondary N) is 1. The van der Waals surface area contributed by atoms with E-state index in [0.29, 0.717) is 12.3 Å². The Bertz CT molecular complexity index is 223. The van der Waals surface area contributed by atoms with Crippen molar-refractivity contribution in [3.63, 3.8) is 0 Å². The summed E-state index contributed by atoms with van der Waals surface area (Å²) in [4.78, 5) is 2.32. The molecule has 0 radical (unpaired) electrons. The van der Waals surface area contributed by atoms with E-state index in [9.17, 15) is 13.2 Å². The second kappa shape index (κ2) is 7.34. The Hall–Kier alpha value is -0.290. The van der Waals surface area contributed by atoms with Gasteiger partial charge in [-0.05, 0) is 65.2 Å². The Kier molecular flexibility index (Phi) is 6.43. The fourth-order valence-electron chi connectivity index (χ4n) is 2.34. The Morgan fingerprint density at radius 1 is 1.28 bits per heavy atom. The standard InChI is InChI=1S/C13H25F3N2/c1-11(4-3-7-13(14,15)16)17-10-12-5-8-18(2)9-6-12/h11-12,17H,3-10H2,1-2H3. The summed E-state index contributed by atoms with van der Waals surface area (Å²) in [5, 5.41) is 3.37. The second-order valence-electron chi connectivity index (χ2n) is 5.56. The number of alkyl halides is 3. The van der Waals surface area contributed by atoms with Crippen LogP contribution >= 0.6 is 0 Å². The highest BCUT2D eigenvalue weighted by atomic mass is 19.4. The van der Waals surface area contributed by atoms with E-state index in [1.165, 1.54) is 12.8 Å². The molecule has 0 aromatic rings. The lowest BCUT2D eigenvalue weighted by Gasteiger charge is -2.30. The van der Waals surface area contributed by atoms with Gasteiger partial charge in [0.05, 0.1) is 0 Å². The zero-order valence-corrected chi connectivity index (χ0v) is 11.4. The molecule has 5 heteroatoms. The number of piperidine rings is 1. The van der Waals surface area contributed by atoms with Crippen molar-refractivity contribution in [3.8, 4) is 0 Å². The van der Waals surface area contributed by atoms with E-state index in [1.54, 1.807) is 0 Å². The zero-order valence-electron chi connectivity index (χ0n) is 11.4. The van der Waals surface area contributed by atoms with Crippen LogP contribution in [0.1, 0.15) is 39.0 Å². The normalized spacial score (nSPS) is 21.2. The molecular weight excluding hydrogens is 241 g/mol. The molecule has 0 aliphatic carbocycles. The maximum absolute atomic E-state index is 12.0. The second-order valence-corrected chi connectivity index (χ2v) is 5.56. The van der Waals surface area contributed by atoms with Crippen LogP contribution in [0.15, 0.2) is 0 Å². The maximum Gasteiger partial charge on any atom is 0.389 e. The lowest BCUT2D eigenvalue weighted by atomic mass is 9.96. The van der Waals surface area contributed by atoms with Gasteiger partial charge >= 0.3 is 6.18 Å². The molecule has 0 spiro atoms. The van der Waals surface area contributed by atoms with Gasteiger partial charge in [0.25, 0.3) is 0 Å². The van der Waals surface area contributed by atoms with Crippen molar-refractivity contribution in [1.29, 1.82) is 0 Å². The molecule has 18 heavy (non-hydrogen) atoms. The van der Waals surface area contributed by atoms with Crippen LogP contribution in [0.4, 0.5) is 13.2 Å². The van der Waals surface area contributed by atoms with Gasteiger partial charge in [-0.3, -0.25) is 0 Å². The Morgan fingerprint density at radius 2 is 1.89 bits per heavy atom. The zero-order chi connectivity index (χ0) is 13.6. The molecule has 2 nitrogen and oxygen atoms in total. The Morgan fingerprint density at radius 3 is 2.44 bits per heavy atom. The van der Waals surface area contributed by atoms with E-state index in [1.807, 2.05) is 6.92 Å². The summed E-state index contributed by atoms with van der Waals surface area (Å²) in [6.07, 6.45) is -1.45. The van der Waals surface area contributed by atoms with Gasteiger partial charge in [-0.1, -0.05) is 0 Å². The maximum atomic E-state index is 12.0. The molecule has 108 valence electrons. The van der Waals surface area contributed by atoms with Crippen LogP contribution in [0, 0.1) is 5.92 Å². The van der Waals surface area contributed by atoms with Crippen molar-refractivity contribution >= 4 is 0 Å². The van der Waals surface area contributed by atoms with Gasteiger partial charge in [0.1, 0.15) is 0 Å². The smallest absolute Gasteiger partial charge is 0.314 e. The third-order valence-electron chi connectivity index (χ3n) is 3.69. The largest absolute Gasteiger partial charge is 0.389 e. The van der Waals surface area contributed by atoms with Gasteiger partial charge in [-0.15, -0.1) is 0 Å². The Balaban J connectivity index is 2.04. The minimum absolute atomic E-state index is 0.187. The molecule has 1 atom stereocenters. The van der Waals surface area contributed by atoms with Crippen LogP contribution in [0.3, 0.4) is 0 Å². The van der Waals surface area contributed by atoms with Crippen molar-refractivity contribution in [2.75, 3.05) is 26.7 Å². The minimum Gasteiger partial charge on any atom is -0.314 e. The van der Waals surface area contributed by atoms with Crippen LogP contribution in [-0.4, -0.2) is 43.8 Å². The molecule has 1 aliphatic rings. The molecule has 0 amide bonds. The molecule has 1 rings (SSSR count). The fraction of sp³-hybridized carbons (Fsp3) is 1.00. The van der Waals surface area contributed by atoms with Crippen LogP contribution < -0.4 is 5.32 Å². The van der Waals surface area contributed by atoms with Crippen LogP contribution in [0.25, 0.3) is 0 Å². The number of rotatable bonds is 6. The molecule has 0 bridgehead atoms. The average Bonchev–Trinajstić information content (AvgIpc) is 2.26. The SMILES string of the molecule is CC(CCCC(F)(F)F)NCC1CCN(C)CC1. The molecule has 1 heterocycles. The van der Waals surface area contributed by atoms with Gasteiger partial charge < -0.3 is 10.2 Å². The fourth-order valence-corrected chi connectivity index (χ4v) is 2.34. The van der Waals surface area contributed by atoms with E-state index >= 15 is 0 Å². The number of nitrogens with zero attached hydrogens (tertiary/aromatic N) is 1. The van der Waals surface area contributed by atoms with E-state index in [4.69, 9.17) is 0 Å². The summed E-state index contributed by atoms with van der Waals surface area (Å²) in [7, 11) is 2.13. The number of hydrogen-bond acceptors (Lipinski definition) is 2. The molecule has 0 saturated carbocycles. The summed E-state index contributed by atoms with van der Waals surface area (Å²) >= 11 is 0. The molecule has 1 N–H and O–H groups in total. The van der Waals surface area contributed by atoms with Crippen LogP contribution in [-0.2, 0) is 0 Å². The third-order valence-corrected chi connectivity index (χ3v) is 3.69. The monoisotopic (exact) mass is 266 g/mol. The Labute approximate surface area is 108 Å². The number of hydrogen-bond donors (Lipinski definition) is 1. The van der Waals surface area contributed by atoms with Crippen LogP contribution in [0.2, 0.25) is 0 Å². The predicted molar refractivity (Wildman–Crippen MR) is 67.6 cm³/mol.